The average molecular weight is 340 g/mol. The van der Waals surface area contributed by atoms with Crippen molar-refractivity contribution in [1.82, 2.24) is 0 Å². The van der Waals surface area contributed by atoms with Crippen LogP contribution in [0, 0.1) is 0 Å². The number of carbonyl (C=O) groups excluding carboxylic acids is 1. The van der Waals surface area contributed by atoms with Gasteiger partial charge in [-0.05, 0) is 53.2 Å². The third-order valence-electron chi connectivity index (χ3n) is 2.61. The Bertz CT molecular complexity index is 611. The van der Waals surface area contributed by atoms with E-state index in [9.17, 15) is 4.79 Å². The maximum absolute atomic E-state index is 12.3. The van der Waals surface area contributed by atoms with Crippen LogP contribution >= 0.6 is 27.5 Å². The SMILES string of the molecule is CCOc1ccc(C(=O)c2ccccc2Cl)cc1Br. The first-order chi connectivity index (χ1) is 9.13. The van der Waals surface area contributed by atoms with Gasteiger partial charge in [0.1, 0.15) is 5.75 Å². The van der Waals surface area contributed by atoms with Crippen LogP contribution in [0.4, 0.5) is 0 Å². The number of ether oxygens (including phenoxy) is 1. The fourth-order valence-electron chi connectivity index (χ4n) is 1.72. The molecule has 2 rings (SSSR count). The summed E-state index contributed by atoms with van der Waals surface area (Å²) in [6.45, 7) is 2.49. The van der Waals surface area contributed by atoms with Gasteiger partial charge in [0, 0.05) is 11.1 Å². The molecule has 0 N–H and O–H groups in total. The van der Waals surface area contributed by atoms with Crippen molar-refractivity contribution in [3.8, 4) is 5.75 Å². The van der Waals surface area contributed by atoms with Crippen LogP contribution in [0.3, 0.4) is 0 Å². The minimum Gasteiger partial charge on any atom is -0.493 e. The van der Waals surface area contributed by atoms with Crippen molar-refractivity contribution in [2.45, 2.75) is 6.92 Å². The first-order valence-corrected chi connectivity index (χ1v) is 7.02. The molecule has 0 aromatic heterocycles. The Morgan fingerprint density at radius 1 is 1.26 bits per heavy atom. The molecule has 2 nitrogen and oxygen atoms in total. The van der Waals surface area contributed by atoms with Crippen LogP contribution < -0.4 is 4.74 Å². The van der Waals surface area contributed by atoms with E-state index in [1.165, 1.54) is 0 Å². The first-order valence-electron chi connectivity index (χ1n) is 5.85. The van der Waals surface area contributed by atoms with E-state index in [4.69, 9.17) is 16.3 Å². The maximum atomic E-state index is 12.3. The van der Waals surface area contributed by atoms with E-state index in [2.05, 4.69) is 15.9 Å². The molecule has 0 atom stereocenters. The van der Waals surface area contributed by atoms with Gasteiger partial charge in [-0.25, -0.2) is 0 Å². The average Bonchev–Trinajstić information content (AvgIpc) is 2.41. The van der Waals surface area contributed by atoms with Gasteiger partial charge >= 0.3 is 0 Å². The fourth-order valence-corrected chi connectivity index (χ4v) is 2.43. The minimum absolute atomic E-state index is 0.102. The largest absolute Gasteiger partial charge is 0.493 e. The third kappa shape index (κ3) is 3.17. The van der Waals surface area contributed by atoms with Crippen molar-refractivity contribution in [3.05, 3.63) is 63.1 Å². The first kappa shape index (κ1) is 14.1. The molecule has 0 saturated carbocycles. The van der Waals surface area contributed by atoms with Crippen molar-refractivity contribution in [2.24, 2.45) is 0 Å². The summed E-state index contributed by atoms with van der Waals surface area (Å²) >= 11 is 9.43. The highest BCUT2D eigenvalue weighted by molar-refractivity contribution is 9.10. The van der Waals surface area contributed by atoms with Crippen molar-refractivity contribution in [1.29, 1.82) is 0 Å². The molecule has 0 amide bonds. The van der Waals surface area contributed by atoms with E-state index in [-0.39, 0.29) is 5.78 Å². The van der Waals surface area contributed by atoms with Crippen molar-refractivity contribution >= 4 is 33.3 Å². The maximum Gasteiger partial charge on any atom is 0.194 e. The molecule has 98 valence electrons. The number of ketones is 1. The van der Waals surface area contributed by atoms with Gasteiger partial charge in [-0.2, -0.15) is 0 Å². The quantitative estimate of drug-likeness (QED) is 0.753. The Morgan fingerprint density at radius 3 is 2.63 bits per heavy atom. The molecule has 0 saturated heterocycles. The number of hydrogen-bond acceptors (Lipinski definition) is 2. The topological polar surface area (TPSA) is 26.3 Å². The third-order valence-corrected chi connectivity index (χ3v) is 3.56. The lowest BCUT2D eigenvalue weighted by atomic mass is 10.0. The van der Waals surface area contributed by atoms with E-state index >= 15 is 0 Å². The summed E-state index contributed by atoms with van der Waals surface area (Å²) in [6, 6.07) is 12.3. The molecule has 0 spiro atoms. The van der Waals surface area contributed by atoms with Crippen LogP contribution in [0.25, 0.3) is 0 Å². The Balaban J connectivity index is 2.35. The van der Waals surface area contributed by atoms with Crippen LogP contribution in [-0.2, 0) is 0 Å². The van der Waals surface area contributed by atoms with Gasteiger partial charge in [-0.15, -0.1) is 0 Å². The molecule has 2 aromatic carbocycles. The highest BCUT2D eigenvalue weighted by atomic mass is 79.9. The number of carbonyl (C=O) groups is 1. The van der Waals surface area contributed by atoms with Gasteiger partial charge in [0.25, 0.3) is 0 Å². The summed E-state index contributed by atoms with van der Waals surface area (Å²) in [5, 5.41) is 0.456. The molecule has 0 heterocycles. The lowest BCUT2D eigenvalue weighted by Gasteiger charge is -2.08. The summed E-state index contributed by atoms with van der Waals surface area (Å²) in [7, 11) is 0. The zero-order chi connectivity index (χ0) is 13.8. The molecule has 2 aromatic rings. The van der Waals surface area contributed by atoms with Crippen molar-refractivity contribution < 1.29 is 9.53 Å². The standard InChI is InChI=1S/C15H12BrClO2/c1-2-19-14-8-7-10(9-12(14)16)15(18)11-5-3-4-6-13(11)17/h3-9H,2H2,1H3. The number of hydrogen-bond donors (Lipinski definition) is 0. The predicted molar refractivity (Wildman–Crippen MR) is 80.2 cm³/mol. The lowest BCUT2D eigenvalue weighted by molar-refractivity contribution is 0.103. The molecule has 0 bridgehead atoms. The predicted octanol–water partition coefficient (Wildman–Crippen LogP) is 4.73. The summed E-state index contributed by atoms with van der Waals surface area (Å²) in [4.78, 5) is 12.3. The van der Waals surface area contributed by atoms with Gasteiger partial charge in [0.05, 0.1) is 16.1 Å². The Kier molecular flexibility index (Phi) is 4.61. The fraction of sp³-hybridized carbons (Fsp3) is 0.133. The molecule has 0 aliphatic heterocycles. The monoisotopic (exact) mass is 338 g/mol. The molecule has 0 unspecified atom stereocenters. The smallest absolute Gasteiger partial charge is 0.194 e. The van der Waals surface area contributed by atoms with E-state index in [1.54, 1.807) is 42.5 Å². The molecule has 0 radical (unpaired) electrons. The zero-order valence-corrected chi connectivity index (χ0v) is 12.7. The van der Waals surface area contributed by atoms with Gasteiger partial charge in [-0.1, -0.05) is 23.7 Å². The normalized spacial score (nSPS) is 10.3. The Labute approximate surface area is 125 Å². The minimum atomic E-state index is -0.102. The molecular weight excluding hydrogens is 328 g/mol. The van der Waals surface area contributed by atoms with Gasteiger partial charge < -0.3 is 4.74 Å². The second-order valence-corrected chi connectivity index (χ2v) is 5.15. The summed E-state index contributed by atoms with van der Waals surface area (Å²) < 4.78 is 6.17. The number of benzene rings is 2. The second kappa shape index (κ2) is 6.22. The lowest BCUT2D eigenvalue weighted by Crippen LogP contribution is -2.02. The molecule has 19 heavy (non-hydrogen) atoms. The van der Waals surface area contributed by atoms with E-state index in [1.807, 2.05) is 6.92 Å². The van der Waals surface area contributed by atoms with Crippen LogP contribution in [0.1, 0.15) is 22.8 Å². The highest BCUT2D eigenvalue weighted by Gasteiger charge is 2.13. The van der Waals surface area contributed by atoms with Gasteiger partial charge in [-0.3, -0.25) is 4.79 Å². The van der Waals surface area contributed by atoms with E-state index in [0.29, 0.717) is 22.8 Å². The van der Waals surface area contributed by atoms with Crippen LogP contribution in [0.15, 0.2) is 46.9 Å². The van der Waals surface area contributed by atoms with Crippen molar-refractivity contribution in [2.75, 3.05) is 6.61 Å². The molecule has 0 aliphatic rings. The van der Waals surface area contributed by atoms with Crippen molar-refractivity contribution in [3.63, 3.8) is 0 Å². The van der Waals surface area contributed by atoms with Crippen LogP contribution in [0.2, 0.25) is 5.02 Å². The second-order valence-electron chi connectivity index (χ2n) is 3.89. The molecular formula is C15H12BrClO2. The van der Waals surface area contributed by atoms with Gasteiger partial charge in [0.15, 0.2) is 5.78 Å². The molecule has 0 fully saturated rings. The Hall–Kier alpha value is -1.32. The number of halogens is 2. The summed E-state index contributed by atoms with van der Waals surface area (Å²) in [5.41, 5.74) is 1.07. The number of rotatable bonds is 4. The molecule has 0 aliphatic carbocycles. The van der Waals surface area contributed by atoms with Crippen LogP contribution in [-0.4, -0.2) is 12.4 Å². The molecule has 4 heteroatoms. The van der Waals surface area contributed by atoms with E-state index < -0.39 is 0 Å². The summed E-state index contributed by atoms with van der Waals surface area (Å²) in [5.74, 6) is 0.618. The van der Waals surface area contributed by atoms with Gasteiger partial charge in [0.2, 0.25) is 0 Å². The van der Waals surface area contributed by atoms with Crippen LogP contribution in [0.5, 0.6) is 5.75 Å². The Morgan fingerprint density at radius 2 is 2.00 bits per heavy atom. The zero-order valence-electron chi connectivity index (χ0n) is 10.3. The van der Waals surface area contributed by atoms with E-state index in [0.717, 1.165) is 10.2 Å². The highest BCUT2D eigenvalue weighted by Crippen LogP contribution is 2.28. The summed E-state index contributed by atoms with van der Waals surface area (Å²) in [6.07, 6.45) is 0.